The standard InChI is InChI=1S/C22H26N2O.ClH/c25-22(11-10-17-12-13-23-14-17)24-15-19-8-4-5-9-20(19)21(16-24)18-6-2-1-3-7-18;/h1-9,17,21,23H,10-16H2;1H. The first-order valence-corrected chi connectivity index (χ1v) is 9.42. The first-order chi connectivity index (χ1) is 12.3. The van der Waals surface area contributed by atoms with Crippen molar-refractivity contribution in [2.45, 2.75) is 31.7 Å². The molecular weight excluding hydrogens is 344 g/mol. The second-order valence-corrected chi connectivity index (χ2v) is 7.33. The molecule has 0 aliphatic carbocycles. The van der Waals surface area contributed by atoms with Crippen LogP contribution in [0.25, 0.3) is 0 Å². The molecule has 4 rings (SSSR count). The summed E-state index contributed by atoms with van der Waals surface area (Å²) in [7, 11) is 0. The molecule has 2 aliphatic rings. The number of hydrogen-bond donors (Lipinski definition) is 1. The van der Waals surface area contributed by atoms with Crippen LogP contribution in [0.3, 0.4) is 0 Å². The van der Waals surface area contributed by atoms with Crippen molar-refractivity contribution in [2.75, 3.05) is 19.6 Å². The van der Waals surface area contributed by atoms with Crippen LogP contribution < -0.4 is 5.32 Å². The molecule has 0 spiro atoms. The van der Waals surface area contributed by atoms with E-state index in [0.717, 1.165) is 32.6 Å². The van der Waals surface area contributed by atoms with Gasteiger partial charge in [0.2, 0.25) is 5.91 Å². The summed E-state index contributed by atoms with van der Waals surface area (Å²) in [4.78, 5) is 14.9. The minimum atomic E-state index is 0. The lowest BCUT2D eigenvalue weighted by atomic mass is 9.84. The van der Waals surface area contributed by atoms with E-state index in [-0.39, 0.29) is 18.3 Å². The Morgan fingerprint density at radius 3 is 2.62 bits per heavy atom. The van der Waals surface area contributed by atoms with Crippen molar-refractivity contribution in [3.63, 3.8) is 0 Å². The molecule has 2 aromatic carbocycles. The number of rotatable bonds is 4. The highest BCUT2D eigenvalue weighted by Gasteiger charge is 2.29. The molecule has 0 radical (unpaired) electrons. The molecular formula is C22H27ClN2O. The molecule has 0 saturated carbocycles. The van der Waals surface area contributed by atoms with Gasteiger partial charge in [0.1, 0.15) is 0 Å². The molecule has 2 heterocycles. The van der Waals surface area contributed by atoms with Gasteiger partial charge in [-0.2, -0.15) is 0 Å². The molecule has 1 saturated heterocycles. The molecule has 1 amide bonds. The Balaban J connectivity index is 0.00000196. The molecule has 1 fully saturated rings. The van der Waals surface area contributed by atoms with Crippen LogP contribution in [0, 0.1) is 5.92 Å². The third-order valence-electron chi connectivity index (χ3n) is 5.68. The van der Waals surface area contributed by atoms with Crippen molar-refractivity contribution in [2.24, 2.45) is 5.92 Å². The van der Waals surface area contributed by atoms with E-state index in [1.165, 1.54) is 23.1 Å². The maximum Gasteiger partial charge on any atom is 0.222 e. The van der Waals surface area contributed by atoms with Gasteiger partial charge in [0.15, 0.2) is 0 Å². The Labute approximate surface area is 162 Å². The molecule has 2 aliphatic heterocycles. The van der Waals surface area contributed by atoms with Gasteiger partial charge < -0.3 is 10.2 Å². The maximum absolute atomic E-state index is 12.8. The zero-order chi connectivity index (χ0) is 17.1. The van der Waals surface area contributed by atoms with Gasteiger partial charge in [0.25, 0.3) is 0 Å². The van der Waals surface area contributed by atoms with Crippen molar-refractivity contribution in [1.29, 1.82) is 0 Å². The molecule has 1 N–H and O–H groups in total. The van der Waals surface area contributed by atoms with Crippen molar-refractivity contribution in [1.82, 2.24) is 10.2 Å². The second-order valence-electron chi connectivity index (χ2n) is 7.33. The summed E-state index contributed by atoms with van der Waals surface area (Å²) in [6, 6.07) is 19.2. The molecule has 2 aromatic rings. The van der Waals surface area contributed by atoms with Crippen molar-refractivity contribution in [3.05, 3.63) is 71.3 Å². The van der Waals surface area contributed by atoms with Crippen molar-refractivity contribution < 1.29 is 4.79 Å². The van der Waals surface area contributed by atoms with Crippen molar-refractivity contribution in [3.8, 4) is 0 Å². The largest absolute Gasteiger partial charge is 0.337 e. The lowest BCUT2D eigenvalue weighted by Gasteiger charge is -2.35. The monoisotopic (exact) mass is 370 g/mol. The number of amides is 1. The van der Waals surface area contributed by atoms with E-state index in [4.69, 9.17) is 0 Å². The minimum Gasteiger partial charge on any atom is -0.337 e. The maximum atomic E-state index is 12.8. The van der Waals surface area contributed by atoms with Gasteiger partial charge in [0, 0.05) is 25.4 Å². The van der Waals surface area contributed by atoms with Gasteiger partial charge in [-0.3, -0.25) is 4.79 Å². The van der Waals surface area contributed by atoms with E-state index in [9.17, 15) is 4.79 Å². The molecule has 0 bridgehead atoms. The zero-order valence-electron chi connectivity index (χ0n) is 15.1. The van der Waals surface area contributed by atoms with E-state index in [1.807, 2.05) is 0 Å². The highest BCUT2D eigenvalue weighted by Crippen LogP contribution is 2.33. The predicted molar refractivity (Wildman–Crippen MR) is 108 cm³/mol. The third kappa shape index (κ3) is 4.11. The van der Waals surface area contributed by atoms with Gasteiger partial charge in [0.05, 0.1) is 0 Å². The fraction of sp³-hybridized carbons (Fsp3) is 0.409. The average molecular weight is 371 g/mol. The van der Waals surface area contributed by atoms with Crippen LogP contribution in [0.15, 0.2) is 54.6 Å². The van der Waals surface area contributed by atoms with Gasteiger partial charge in [-0.1, -0.05) is 54.6 Å². The normalized spacial score (nSPS) is 21.8. The van der Waals surface area contributed by atoms with Crippen LogP contribution in [0.4, 0.5) is 0 Å². The summed E-state index contributed by atoms with van der Waals surface area (Å²) in [6.45, 7) is 3.72. The first kappa shape index (κ1) is 18.9. The topological polar surface area (TPSA) is 32.3 Å². The molecule has 26 heavy (non-hydrogen) atoms. The summed E-state index contributed by atoms with van der Waals surface area (Å²) < 4.78 is 0. The van der Waals surface area contributed by atoms with Crippen molar-refractivity contribution >= 4 is 18.3 Å². The number of carbonyl (C=O) groups is 1. The number of carbonyl (C=O) groups excluding carboxylic acids is 1. The van der Waals surface area contributed by atoms with Crippen LogP contribution in [0.5, 0.6) is 0 Å². The van der Waals surface area contributed by atoms with Gasteiger partial charge in [-0.15, -0.1) is 12.4 Å². The van der Waals surface area contributed by atoms with E-state index in [0.29, 0.717) is 18.2 Å². The summed E-state index contributed by atoms with van der Waals surface area (Å²) >= 11 is 0. The minimum absolute atomic E-state index is 0. The molecule has 2 atom stereocenters. The number of benzene rings is 2. The Bertz CT molecular complexity index is 728. The lowest BCUT2D eigenvalue weighted by molar-refractivity contribution is -0.132. The van der Waals surface area contributed by atoms with E-state index < -0.39 is 0 Å². The highest BCUT2D eigenvalue weighted by atomic mass is 35.5. The number of hydrogen-bond acceptors (Lipinski definition) is 2. The van der Waals surface area contributed by atoms with Crippen LogP contribution in [0.2, 0.25) is 0 Å². The molecule has 4 heteroatoms. The quantitative estimate of drug-likeness (QED) is 0.883. The van der Waals surface area contributed by atoms with E-state index in [1.54, 1.807) is 0 Å². The van der Waals surface area contributed by atoms with E-state index in [2.05, 4.69) is 64.8 Å². The van der Waals surface area contributed by atoms with Crippen LogP contribution >= 0.6 is 12.4 Å². The summed E-state index contributed by atoms with van der Waals surface area (Å²) in [5.74, 6) is 1.26. The average Bonchev–Trinajstić information content (AvgIpc) is 3.19. The SMILES string of the molecule is Cl.O=C(CCC1CCNC1)N1Cc2ccccc2C(c2ccccc2)C1. The Kier molecular flexibility index (Phi) is 6.33. The van der Waals surface area contributed by atoms with Gasteiger partial charge in [-0.25, -0.2) is 0 Å². The number of fused-ring (bicyclic) bond motifs is 1. The molecule has 138 valence electrons. The van der Waals surface area contributed by atoms with E-state index >= 15 is 0 Å². The van der Waals surface area contributed by atoms with Crippen LogP contribution in [-0.2, 0) is 11.3 Å². The smallest absolute Gasteiger partial charge is 0.222 e. The number of nitrogens with one attached hydrogen (secondary N) is 1. The summed E-state index contributed by atoms with van der Waals surface area (Å²) in [5.41, 5.74) is 3.96. The fourth-order valence-electron chi connectivity index (χ4n) is 4.21. The Morgan fingerprint density at radius 2 is 1.85 bits per heavy atom. The fourth-order valence-corrected chi connectivity index (χ4v) is 4.21. The second kappa shape index (κ2) is 8.70. The zero-order valence-corrected chi connectivity index (χ0v) is 15.9. The van der Waals surface area contributed by atoms with Crippen LogP contribution in [-0.4, -0.2) is 30.4 Å². The molecule has 0 aromatic heterocycles. The predicted octanol–water partition coefficient (Wildman–Crippen LogP) is 3.97. The Hall–Kier alpha value is -1.84. The summed E-state index contributed by atoms with van der Waals surface area (Å²) in [5, 5.41) is 3.39. The number of nitrogens with zero attached hydrogens (tertiary/aromatic N) is 1. The molecule has 2 unspecified atom stereocenters. The number of halogens is 1. The van der Waals surface area contributed by atoms with Gasteiger partial charge >= 0.3 is 0 Å². The summed E-state index contributed by atoms with van der Waals surface area (Å²) in [6.07, 6.45) is 2.90. The molecule has 3 nitrogen and oxygen atoms in total. The Morgan fingerprint density at radius 1 is 1.08 bits per heavy atom. The van der Waals surface area contributed by atoms with Crippen LogP contribution in [0.1, 0.15) is 41.9 Å². The first-order valence-electron chi connectivity index (χ1n) is 9.42. The lowest BCUT2D eigenvalue weighted by Crippen LogP contribution is -2.38. The van der Waals surface area contributed by atoms with Gasteiger partial charge in [-0.05, 0) is 48.5 Å². The third-order valence-corrected chi connectivity index (χ3v) is 5.68. The highest BCUT2D eigenvalue weighted by molar-refractivity contribution is 5.85.